The highest BCUT2D eigenvalue weighted by molar-refractivity contribution is 5.80. The van der Waals surface area contributed by atoms with Crippen LogP contribution < -0.4 is 10.6 Å². The second-order valence-electron chi connectivity index (χ2n) is 7.01. The number of aromatic nitrogens is 3. The molecule has 1 aromatic heterocycles. The van der Waals surface area contributed by atoms with Crippen LogP contribution in [0, 0.1) is 0 Å². The molecule has 0 saturated carbocycles. The van der Waals surface area contributed by atoms with Crippen LogP contribution in [-0.2, 0) is 19.4 Å². The first kappa shape index (κ1) is 18.4. The van der Waals surface area contributed by atoms with E-state index in [4.69, 9.17) is 0 Å². The molecule has 1 aromatic carbocycles. The molecule has 0 spiro atoms. The molecule has 1 heterocycles. The molecule has 0 radical (unpaired) electrons. The summed E-state index contributed by atoms with van der Waals surface area (Å²) < 4.78 is 2.01. The highest BCUT2D eigenvalue weighted by Gasteiger charge is 2.13. The zero-order chi connectivity index (χ0) is 18.2. The van der Waals surface area contributed by atoms with Gasteiger partial charge in [0.25, 0.3) is 0 Å². The molecule has 2 N–H and O–H groups in total. The third-order valence-corrected chi connectivity index (χ3v) is 5.05. The van der Waals surface area contributed by atoms with Crippen LogP contribution in [0.15, 0.2) is 35.8 Å². The Balaban J connectivity index is 1.43. The highest BCUT2D eigenvalue weighted by Crippen LogP contribution is 2.24. The topological polar surface area (TPSA) is 67.1 Å². The molecule has 0 amide bonds. The molecule has 1 atom stereocenters. The minimum Gasteiger partial charge on any atom is -0.356 e. The van der Waals surface area contributed by atoms with E-state index in [1.165, 1.54) is 42.4 Å². The molecule has 1 aliphatic carbocycles. The largest absolute Gasteiger partial charge is 0.356 e. The Hall–Kier alpha value is -2.37. The fourth-order valence-electron chi connectivity index (χ4n) is 3.47. The Morgan fingerprint density at radius 3 is 2.69 bits per heavy atom. The predicted octanol–water partition coefficient (Wildman–Crippen LogP) is 2.86. The second-order valence-corrected chi connectivity index (χ2v) is 7.01. The lowest BCUT2D eigenvalue weighted by molar-refractivity contribution is 0.593. The van der Waals surface area contributed by atoms with Gasteiger partial charge in [-0.1, -0.05) is 18.2 Å². The Kier molecular flexibility index (Phi) is 6.63. The molecule has 0 saturated heterocycles. The quantitative estimate of drug-likeness (QED) is 0.456. The number of benzene rings is 1. The molecule has 1 unspecified atom stereocenters. The molecule has 6 heteroatoms. The summed E-state index contributed by atoms with van der Waals surface area (Å²) in [6.07, 6.45) is 10.8. The summed E-state index contributed by atoms with van der Waals surface area (Å²) in [4.78, 5) is 4.36. The van der Waals surface area contributed by atoms with Gasteiger partial charge in [0.2, 0.25) is 0 Å². The lowest BCUT2D eigenvalue weighted by Gasteiger charge is -2.21. The molecule has 0 bridgehead atoms. The number of hydrogen-bond acceptors (Lipinski definition) is 3. The average Bonchev–Trinajstić information content (AvgIpc) is 3.19. The Bertz CT molecular complexity index is 707. The van der Waals surface area contributed by atoms with Crippen molar-refractivity contribution in [3.8, 4) is 0 Å². The van der Waals surface area contributed by atoms with E-state index in [9.17, 15) is 0 Å². The van der Waals surface area contributed by atoms with Crippen LogP contribution in [0.3, 0.4) is 0 Å². The van der Waals surface area contributed by atoms with E-state index in [1.54, 1.807) is 12.7 Å². The van der Waals surface area contributed by atoms with Crippen LogP contribution >= 0.6 is 0 Å². The number of unbranched alkanes of at least 4 members (excludes halogenated alkanes) is 1. The molecule has 6 nitrogen and oxygen atoms in total. The van der Waals surface area contributed by atoms with Gasteiger partial charge in [-0.3, -0.25) is 4.99 Å². The number of hydrogen-bond donors (Lipinski definition) is 2. The maximum absolute atomic E-state index is 4.36. The fraction of sp³-hybridized carbons (Fsp3) is 0.550. The maximum Gasteiger partial charge on any atom is 0.191 e. The van der Waals surface area contributed by atoms with E-state index < -0.39 is 0 Å². The first-order valence-corrected chi connectivity index (χ1v) is 9.67. The predicted molar refractivity (Wildman–Crippen MR) is 105 cm³/mol. The van der Waals surface area contributed by atoms with E-state index in [2.05, 4.69) is 50.9 Å². The summed E-state index contributed by atoms with van der Waals surface area (Å²) in [6, 6.07) is 7.18. The Morgan fingerprint density at radius 2 is 1.92 bits per heavy atom. The number of aryl methyl sites for hydroxylation is 3. The normalized spacial score (nSPS) is 15.4. The molecular formula is C20H30N6. The first-order chi connectivity index (χ1) is 12.8. The van der Waals surface area contributed by atoms with E-state index in [0.29, 0.717) is 0 Å². The maximum atomic E-state index is 4.36. The highest BCUT2D eigenvalue weighted by atomic mass is 15.2. The summed E-state index contributed by atoms with van der Waals surface area (Å²) in [6.45, 7) is 4.05. The Morgan fingerprint density at radius 1 is 1.15 bits per heavy atom. The number of fused-ring (bicyclic) bond motifs is 1. The Labute approximate surface area is 156 Å². The van der Waals surface area contributed by atoms with Crippen molar-refractivity contribution in [1.82, 2.24) is 25.4 Å². The van der Waals surface area contributed by atoms with Gasteiger partial charge in [-0.2, -0.15) is 0 Å². The summed E-state index contributed by atoms with van der Waals surface area (Å²) in [5, 5.41) is 14.6. The average molecular weight is 355 g/mol. The molecule has 140 valence electrons. The molecule has 0 fully saturated rings. The number of aliphatic imine (C=N–C) groups is 1. The molecule has 3 rings (SSSR count). The van der Waals surface area contributed by atoms with E-state index in [0.717, 1.165) is 31.9 Å². The second kappa shape index (κ2) is 9.36. The molecule has 1 aliphatic rings. The monoisotopic (exact) mass is 354 g/mol. The van der Waals surface area contributed by atoms with Gasteiger partial charge in [0.15, 0.2) is 5.96 Å². The molecule has 26 heavy (non-hydrogen) atoms. The van der Waals surface area contributed by atoms with Gasteiger partial charge >= 0.3 is 0 Å². The number of rotatable bonds is 7. The van der Waals surface area contributed by atoms with Gasteiger partial charge in [-0.05, 0) is 62.1 Å². The van der Waals surface area contributed by atoms with Crippen molar-refractivity contribution >= 4 is 5.96 Å². The summed E-state index contributed by atoms with van der Waals surface area (Å²) in [7, 11) is 1.83. The lowest BCUT2D eigenvalue weighted by atomic mass is 9.89. The third kappa shape index (κ3) is 5.07. The van der Waals surface area contributed by atoms with Gasteiger partial charge in [0.05, 0.1) is 6.04 Å². The van der Waals surface area contributed by atoms with Crippen molar-refractivity contribution in [2.75, 3.05) is 13.6 Å². The van der Waals surface area contributed by atoms with Crippen molar-refractivity contribution in [2.45, 2.75) is 58.0 Å². The van der Waals surface area contributed by atoms with Gasteiger partial charge in [-0.15, -0.1) is 10.2 Å². The van der Waals surface area contributed by atoms with Gasteiger partial charge in [0, 0.05) is 20.1 Å². The van der Waals surface area contributed by atoms with Crippen molar-refractivity contribution in [3.63, 3.8) is 0 Å². The van der Waals surface area contributed by atoms with Crippen molar-refractivity contribution in [2.24, 2.45) is 4.99 Å². The van der Waals surface area contributed by atoms with Gasteiger partial charge < -0.3 is 15.2 Å². The molecule has 0 aliphatic heterocycles. The van der Waals surface area contributed by atoms with Crippen LogP contribution in [-0.4, -0.2) is 34.3 Å². The molecular weight excluding hydrogens is 324 g/mol. The van der Waals surface area contributed by atoms with Crippen LogP contribution in [0.25, 0.3) is 0 Å². The molecule has 2 aromatic rings. The standard InChI is InChI=1S/C20H30N6/c1-16(18-10-9-17-7-3-4-8-19(17)13-18)25-20(21-2)22-11-5-6-12-26-14-23-24-15-26/h9-10,13-16H,3-8,11-12H2,1-2H3,(H2,21,22,25). The number of nitrogens with one attached hydrogen (secondary N) is 2. The fourth-order valence-corrected chi connectivity index (χ4v) is 3.47. The van der Waals surface area contributed by atoms with Crippen LogP contribution in [0.1, 0.15) is 55.3 Å². The van der Waals surface area contributed by atoms with E-state index in [1.807, 2.05) is 11.6 Å². The zero-order valence-electron chi connectivity index (χ0n) is 15.9. The van der Waals surface area contributed by atoms with Crippen molar-refractivity contribution in [1.29, 1.82) is 0 Å². The zero-order valence-corrected chi connectivity index (χ0v) is 15.9. The minimum atomic E-state index is 0.241. The smallest absolute Gasteiger partial charge is 0.191 e. The van der Waals surface area contributed by atoms with Crippen molar-refractivity contribution < 1.29 is 0 Å². The summed E-state index contributed by atoms with van der Waals surface area (Å²) in [5.41, 5.74) is 4.39. The van der Waals surface area contributed by atoms with Crippen LogP contribution in [0.4, 0.5) is 0 Å². The lowest BCUT2D eigenvalue weighted by Crippen LogP contribution is -2.39. The van der Waals surface area contributed by atoms with E-state index >= 15 is 0 Å². The van der Waals surface area contributed by atoms with Crippen LogP contribution in [0.2, 0.25) is 0 Å². The SMILES string of the molecule is CN=C(NCCCCn1cnnc1)NC(C)c1ccc2c(c1)CCCC2. The van der Waals surface area contributed by atoms with E-state index in [-0.39, 0.29) is 6.04 Å². The third-order valence-electron chi connectivity index (χ3n) is 5.05. The van der Waals surface area contributed by atoms with Crippen molar-refractivity contribution in [3.05, 3.63) is 47.5 Å². The summed E-state index contributed by atoms with van der Waals surface area (Å²) in [5.74, 6) is 0.861. The number of guanidine groups is 1. The van der Waals surface area contributed by atoms with Gasteiger partial charge in [0.1, 0.15) is 12.7 Å². The van der Waals surface area contributed by atoms with Crippen LogP contribution in [0.5, 0.6) is 0 Å². The summed E-state index contributed by atoms with van der Waals surface area (Å²) >= 11 is 0. The first-order valence-electron chi connectivity index (χ1n) is 9.67. The van der Waals surface area contributed by atoms with Gasteiger partial charge in [-0.25, -0.2) is 0 Å². The minimum absolute atomic E-state index is 0.241. The number of nitrogens with zero attached hydrogens (tertiary/aromatic N) is 4.